The summed E-state index contributed by atoms with van der Waals surface area (Å²) in [4.78, 5) is 0. The van der Waals surface area contributed by atoms with Crippen molar-refractivity contribution in [2.75, 3.05) is 13.2 Å². The Morgan fingerprint density at radius 3 is 2.58 bits per heavy atom. The summed E-state index contributed by atoms with van der Waals surface area (Å²) in [5.74, 6) is 0.921. The van der Waals surface area contributed by atoms with Gasteiger partial charge < -0.3 is 10.1 Å². The van der Waals surface area contributed by atoms with Crippen molar-refractivity contribution in [3.05, 3.63) is 28.2 Å². The minimum absolute atomic E-state index is 0. The largest absolute Gasteiger partial charge is 0.493 e. The topological polar surface area (TPSA) is 21.3 Å². The number of halogens is 2. The highest BCUT2D eigenvalue weighted by molar-refractivity contribution is 9.10. The molecule has 19 heavy (non-hydrogen) atoms. The lowest BCUT2D eigenvalue weighted by molar-refractivity contribution is 0.338. The number of unbranched alkanes of at least 4 members (excludes halogenated alkanes) is 3. The third-order valence-electron chi connectivity index (χ3n) is 2.83. The highest BCUT2D eigenvalue weighted by Crippen LogP contribution is 2.25. The van der Waals surface area contributed by atoms with Gasteiger partial charge in [-0.15, -0.1) is 12.4 Å². The highest BCUT2D eigenvalue weighted by Gasteiger charge is 2.01. The van der Waals surface area contributed by atoms with Crippen LogP contribution in [-0.4, -0.2) is 13.2 Å². The van der Waals surface area contributed by atoms with Crippen LogP contribution in [-0.2, 0) is 6.54 Å². The van der Waals surface area contributed by atoms with Crippen molar-refractivity contribution >= 4 is 28.3 Å². The number of hydrogen-bond acceptors (Lipinski definition) is 2. The standard InChI is InChI=1S/C15H24BrNO.ClH/c1-3-5-6-7-10-17-12-13-8-9-15(18-4-2)14(16)11-13;/h8-9,11,17H,3-7,10,12H2,1-2H3;1H. The molecule has 1 N–H and O–H groups in total. The van der Waals surface area contributed by atoms with Gasteiger partial charge in [0.15, 0.2) is 0 Å². The van der Waals surface area contributed by atoms with Crippen molar-refractivity contribution in [3.8, 4) is 5.75 Å². The smallest absolute Gasteiger partial charge is 0.133 e. The molecule has 1 rings (SSSR count). The van der Waals surface area contributed by atoms with Crippen LogP contribution in [0.4, 0.5) is 0 Å². The molecule has 0 atom stereocenters. The van der Waals surface area contributed by atoms with E-state index in [0.717, 1.165) is 23.3 Å². The molecule has 1 aromatic carbocycles. The summed E-state index contributed by atoms with van der Waals surface area (Å²) >= 11 is 3.54. The number of ether oxygens (including phenoxy) is 1. The van der Waals surface area contributed by atoms with E-state index in [4.69, 9.17) is 4.74 Å². The van der Waals surface area contributed by atoms with Gasteiger partial charge in [0, 0.05) is 6.54 Å². The van der Waals surface area contributed by atoms with E-state index in [-0.39, 0.29) is 12.4 Å². The predicted molar refractivity (Wildman–Crippen MR) is 88.4 cm³/mol. The van der Waals surface area contributed by atoms with Crippen LogP contribution in [0, 0.1) is 0 Å². The van der Waals surface area contributed by atoms with Gasteiger partial charge in [0.1, 0.15) is 5.75 Å². The fourth-order valence-corrected chi connectivity index (χ4v) is 2.38. The molecule has 0 spiro atoms. The molecule has 0 aromatic heterocycles. The lowest BCUT2D eigenvalue weighted by atomic mass is 10.2. The summed E-state index contributed by atoms with van der Waals surface area (Å²) in [6.45, 7) is 6.97. The van der Waals surface area contributed by atoms with Gasteiger partial charge in [-0.2, -0.15) is 0 Å². The van der Waals surface area contributed by atoms with Crippen LogP contribution < -0.4 is 10.1 Å². The summed E-state index contributed by atoms with van der Waals surface area (Å²) in [6, 6.07) is 6.28. The molecule has 0 fully saturated rings. The maximum atomic E-state index is 5.49. The van der Waals surface area contributed by atoms with Crippen molar-refractivity contribution in [2.45, 2.75) is 46.1 Å². The second kappa shape index (κ2) is 11.6. The van der Waals surface area contributed by atoms with E-state index in [0.29, 0.717) is 6.61 Å². The molecule has 0 bridgehead atoms. The molecule has 4 heteroatoms. The van der Waals surface area contributed by atoms with Gasteiger partial charge in [0.25, 0.3) is 0 Å². The first-order chi connectivity index (χ1) is 8.77. The Bertz CT molecular complexity index is 347. The van der Waals surface area contributed by atoms with Crippen LogP contribution >= 0.6 is 28.3 Å². The molecule has 0 aliphatic rings. The molecule has 0 aliphatic heterocycles. The predicted octanol–water partition coefficient (Wildman–Crippen LogP) is 4.94. The van der Waals surface area contributed by atoms with Gasteiger partial charge >= 0.3 is 0 Å². The van der Waals surface area contributed by atoms with Gasteiger partial charge in [0.05, 0.1) is 11.1 Å². The van der Waals surface area contributed by atoms with Crippen molar-refractivity contribution in [1.29, 1.82) is 0 Å². The molecule has 0 unspecified atom stereocenters. The number of hydrogen-bond donors (Lipinski definition) is 1. The maximum Gasteiger partial charge on any atom is 0.133 e. The zero-order valence-electron chi connectivity index (χ0n) is 11.9. The van der Waals surface area contributed by atoms with Crippen molar-refractivity contribution < 1.29 is 4.74 Å². The summed E-state index contributed by atoms with van der Waals surface area (Å²) in [5.41, 5.74) is 1.29. The third kappa shape index (κ3) is 7.81. The van der Waals surface area contributed by atoms with Crippen LogP contribution in [0.25, 0.3) is 0 Å². The average molecular weight is 351 g/mol. The molecule has 2 nitrogen and oxygen atoms in total. The van der Waals surface area contributed by atoms with E-state index in [1.165, 1.54) is 31.2 Å². The fraction of sp³-hybridized carbons (Fsp3) is 0.600. The van der Waals surface area contributed by atoms with Crippen molar-refractivity contribution in [2.24, 2.45) is 0 Å². The first-order valence-corrected chi connectivity index (χ1v) is 7.69. The van der Waals surface area contributed by atoms with Crippen molar-refractivity contribution in [3.63, 3.8) is 0 Å². The number of rotatable bonds is 9. The molecule has 0 aliphatic carbocycles. The lowest BCUT2D eigenvalue weighted by Gasteiger charge is -2.09. The van der Waals surface area contributed by atoms with E-state index < -0.39 is 0 Å². The summed E-state index contributed by atoms with van der Waals surface area (Å²) in [7, 11) is 0. The molecule has 0 radical (unpaired) electrons. The Hall–Kier alpha value is -0.250. The molecular formula is C15H25BrClNO. The molecule has 0 amide bonds. The van der Waals surface area contributed by atoms with Gasteiger partial charge in [-0.25, -0.2) is 0 Å². The van der Waals surface area contributed by atoms with E-state index in [9.17, 15) is 0 Å². The second-order valence-corrected chi connectivity index (χ2v) is 5.29. The van der Waals surface area contributed by atoms with Gasteiger partial charge in [-0.1, -0.05) is 32.3 Å². The van der Waals surface area contributed by atoms with E-state index in [1.807, 2.05) is 13.0 Å². The van der Waals surface area contributed by atoms with E-state index in [2.05, 4.69) is 40.3 Å². The van der Waals surface area contributed by atoms with Gasteiger partial charge in [-0.3, -0.25) is 0 Å². The van der Waals surface area contributed by atoms with Gasteiger partial charge in [0.2, 0.25) is 0 Å². The van der Waals surface area contributed by atoms with Crippen LogP contribution in [0.15, 0.2) is 22.7 Å². The molecule has 110 valence electrons. The van der Waals surface area contributed by atoms with E-state index >= 15 is 0 Å². The first kappa shape index (κ1) is 18.8. The lowest BCUT2D eigenvalue weighted by Crippen LogP contribution is -2.14. The maximum absolute atomic E-state index is 5.49. The quantitative estimate of drug-likeness (QED) is 0.637. The Kier molecular flexibility index (Phi) is 11.4. The van der Waals surface area contributed by atoms with Crippen LogP contribution in [0.3, 0.4) is 0 Å². The Balaban J connectivity index is 0.00000324. The zero-order chi connectivity index (χ0) is 13.2. The summed E-state index contributed by atoms with van der Waals surface area (Å²) in [5, 5.41) is 3.48. The van der Waals surface area contributed by atoms with Crippen LogP contribution in [0.5, 0.6) is 5.75 Å². The zero-order valence-corrected chi connectivity index (χ0v) is 14.3. The highest BCUT2D eigenvalue weighted by atomic mass is 79.9. The molecule has 0 saturated heterocycles. The van der Waals surface area contributed by atoms with E-state index in [1.54, 1.807) is 0 Å². The fourth-order valence-electron chi connectivity index (χ4n) is 1.84. The Morgan fingerprint density at radius 2 is 1.95 bits per heavy atom. The SMILES string of the molecule is CCCCCCNCc1ccc(OCC)c(Br)c1.Cl. The molecular weight excluding hydrogens is 326 g/mol. The minimum Gasteiger partial charge on any atom is -0.493 e. The monoisotopic (exact) mass is 349 g/mol. The Labute approximate surface area is 131 Å². The van der Waals surface area contributed by atoms with Crippen LogP contribution in [0.2, 0.25) is 0 Å². The average Bonchev–Trinajstić information content (AvgIpc) is 2.37. The molecule has 0 saturated carbocycles. The Morgan fingerprint density at radius 1 is 1.16 bits per heavy atom. The normalized spacial score (nSPS) is 10.1. The third-order valence-corrected chi connectivity index (χ3v) is 3.45. The minimum atomic E-state index is 0. The van der Waals surface area contributed by atoms with Crippen molar-refractivity contribution in [1.82, 2.24) is 5.32 Å². The molecule has 0 heterocycles. The molecule has 1 aromatic rings. The number of nitrogens with one attached hydrogen (secondary N) is 1. The second-order valence-electron chi connectivity index (χ2n) is 4.44. The van der Waals surface area contributed by atoms with Gasteiger partial charge in [-0.05, 0) is 53.5 Å². The van der Waals surface area contributed by atoms with Crippen LogP contribution in [0.1, 0.15) is 45.1 Å². The summed E-state index contributed by atoms with van der Waals surface area (Å²) in [6.07, 6.45) is 5.24. The number of benzene rings is 1. The first-order valence-electron chi connectivity index (χ1n) is 6.89. The summed E-state index contributed by atoms with van der Waals surface area (Å²) < 4.78 is 6.53.